The Morgan fingerprint density at radius 2 is 1.96 bits per heavy atom. The first kappa shape index (κ1) is 23.0. The number of halogens is 1. The van der Waals surface area contributed by atoms with Gasteiger partial charge in [-0.3, -0.25) is 4.79 Å². The lowest BCUT2D eigenvalue weighted by Gasteiger charge is -2.19. The van der Waals surface area contributed by atoms with Gasteiger partial charge in [-0.05, 0) is 37.1 Å². The summed E-state index contributed by atoms with van der Waals surface area (Å²) in [5, 5.41) is 1.03. The highest BCUT2D eigenvalue weighted by atomic mass is 79.9. The van der Waals surface area contributed by atoms with E-state index in [1.54, 1.807) is 19.0 Å². The van der Waals surface area contributed by atoms with E-state index in [-0.39, 0.29) is 5.24 Å². The Balaban J connectivity index is 2.99. The quantitative estimate of drug-likeness (QED) is 0.185. The van der Waals surface area contributed by atoms with E-state index in [1.807, 2.05) is 12.1 Å². The highest BCUT2D eigenvalue weighted by Gasteiger charge is 2.18. The molecule has 6 heteroatoms. The van der Waals surface area contributed by atoms with Gasteiger partial charge in [0.25, 0.3) is 5.24 Å². The van der Waals surface area contributed by atoms with E-state index in [0.29, 0.717) is 13.0 Å². The number of amides is 1. The van der Waals surface area contributed by atoms with Crippen molar-refractivity contribution in [2.45, 2.75) is 56.8 Å². The van der Waals surface area contributed by atoms with E-state index in [4.69, 9.17) is 4.74 Å². The van der Waals surface area contributed by atoms with Crippen LogP contribution in [0.2, 0.25) is 0 Å². The lowest BCUT2D eigenvalue weighted by Crippen LogP contribution is -2.16. The summed E-state index contributed by atoms with van der Waals surface area (Å²) in [5.74, 6) is 0.802. The zero-order chi connectivity index (χ0) is 19.4. The normalized spacial score (nSPS) is 10.6. The molecule has 0 aliphatic rings. The average molecular weight is 444 g/mol. The summed E-state index contributed by atoms with van der Waals surface area (Å²) in [6.07, 6.45) is 7.51. The number of ether oxygens (including phenoxy) is 1. The van der Waals surface area contributed by atoms with E-state index in [9.17, 15) is 9.59 Å². The van der Waals surface area contributed by atoms with E-state index in [1.165, 1.54) is 24.6 Å². The first-order valence-electron chi connectivity index (χ1n) is 9.21. The number of unbranched alkanes of at least 4 members (excludes halogenated alkanes) is 3. The Labute approximate surface area is 170 Å². The van der Waals surface area contributed by atoms with Crippen LogP contribution < -0.4 is 4.74 Å². The summed E-state index contributed by atoms with van der Waals surface area (Å²) in [6.45, 7) is 2.75. The van der Waals surface area contributed by atoms with Crippen LogP contribution in [0.15, 0.2) is 17.0 Å². The summed E-state index contributed by atoms with van der Waals surface area (Å²) in [7, 11) is 3.50. The molecule has 0 radical (unpaired) electrons. The van der Waals surface area contributed by atoms with Crippen LogP contribution in [-0.4, -0.2) is 42.5 Å². The van der Waals surface area contributed by atoms with Crippen molar-refractivity contribution in [2.24, 2.45) is 0 Å². The van der Waals surface area contributed by atoms with E-state index >= 15 is 0 Å². The number of rotatable bonds is 12. The Hall–Kier alpha value is -1.01. The number of hydrogen-bond donors (Lipinski definition) is 0. The van der Waals surface area contributed by atoms with Crippen LogP contribution >= 0.6 is 27.7 Å². The third-order valence-electron chi connectivity index (χ3n) is 3.94. The number of hydrogen-bond acceptors (Lipinski definition) is 4. The number of carbonyl (C=O) groups excluding carboxylic acids is 2. The predicted molar refractivity (Wildman–Crippen MR) is 113 cm³/mol. The topological polar surface area (TPSA) is 46.6 Å². The molecule has 0 heterocycles. The van der Waals surface area contributed by atoms with Crippen molar-refractivity contribution in [1.82, 2.24) is 4.90 Å². The Morgan fingerprint density at radius 3 is 2.58 bits per heavy atom. The molecule has 0 bridgehead atoms. The Bertz CT molecular complexity index is 578. The molecule has 1 rings (SSSR count). The highest BCUT2D eigenvalue weighted by molar-refractivity contribution is 9.09. The molecule has 0 fully saturated rings. The van der Waals surface area contributed by atoms with Crippen molar-refractivity contribution in [2.75, 3.05) is 26.0 Å². The lowest BCUT2D eigenvalue weighted by atomic mass is 10.0. The van der Waals surface area contributed by atoms with Gasteiger partial charge in [0.15, 0.2) is 0 Å². The molecule has 4 nitrogen and oxygen atoms in total. The molecular weight excluding hydrogens is 414 g/mol. The Kier molecular flexibility index (Phi) is 11.7. The minimum atomic E-state index is -0.00814. The van der Waals surface area contributed by atoms with Crippen LogP contribution in [0.5, 0.6) is 5.75 Å². The third-order valence-corrected chi connectivity index (χ3v) is 5.64. The molecule has 0 atom stereocenters. The molecule has 0 aliphatic heterocycles. The van der Waals surface area contributed by atoms with E-state index in [0.717, 1.165) is 59.1 Å². The van der Waals surface area contributed by atoms with E-state index in [2.05, 4.69) is 22.9 Å². The minimum absolute atomic E-state index is 0.00814. The maximum Gasteiger partial charge on any atom is 0.285 e. The Morgan fingerprint density at radius 1 is 1.23 bits per heavy atom. The van der Waals surface area contributed by atoms with Crippen LogP contribution in [0.1, 0.15) is 50.2 Å². The van der Waals surface area contributed by atoms with Gasteiger partial charge in [-0.1, -0.05) is 48.2 Å². The largest absolute Gasteiger partial charge is 0.493 e. The number of alkyl halides is 1. The van der Waals surface area contributed by atoms with Crippen molar-refractivity contribution in [3.63, 3.8) is 0 Å². The maximum absolute atomic E-state index is 12.1. The second kappa shape index (κ2) is 13.2. The molecule has 0 unspecified atom stereocenters. The molecule has 0 aliphatic carbocycles. The second-order valence-corrected chi connectivity index (χ2v) is 8.15. The van der Waals surface area contributed by atoms with Gasteiger partial charge in [0.05, 0.1) is 6.61 Å². The predicted octanol–water partition coefficient (Wildman–Crippen LogP) is 5.49. The van der Waals surface area contributed by atoms with Crippen LogP contribution in [0.3, 0.4) is 0 Å². The maximum atomic E-state index is 12.1. The summed E-state index contributed by atoms with van der Waals surface area (Å²) in [4.78, 5) is 25.7. The summed E-state index contributed by atoms with van der Waals surface area (Å²) < 4.78 is 6.13. The van der Waals surface area contributed by atoms with E-state index < -0.39 is 0 Å². The molecule has 0 N–H and O–H groups in total. The van der Waals surface area contributed by atoms with Gasteiger partial charge >= 0.3 is 0 Å². The summed E-state index contributed by atoms with van der Waals surface area (Å²) >= 11 is 4.67. The summed E-state index contributed by atoms with van der Waals surface area (Å²) in [5.41, 5.74) is 1.96. The van der Waals surface area contributed by atoms with Gasteiger partial charge in [-0.2, -0.15) is 0 Å². The molecule has 0 aromatic heterocycles. The number of aldehydes is 1. The molecule has 0 saturated heterocycles. The number of thioether (sulfide) groups is 1. The second-order valence-electron chi connectivity index (χ2n) is 6.37. The zero-order valence-electron chi connectivity index (χ0n) is 16.1. The van der Waals surface area contributed by atoms with Gasteiger partial charge < -0.3 is 14.4 Å². The molecule has 0 spiro atoms. The van der Waals surface area contributed by atoms with Gasteiger partial charge in [-0.15, -0.1) is 0 Å². The standard InChI is InChI=1S/C20H30BrNO3S/c1-4-9-17-18(26-20(24)22(2)3)11-10-16(12-14-23)19(17)25-15-8-6-5-7-13-21/h10-11,14H,4-9,12-13,15H2,1-3H3. The fourth-order valence-corrected chi connectivity index (χ4v) is 3.80. The van der Waals surface area contributed by atoms with Crippen LogP contribution in [0, 0.1) is 0 Å². The van der Waals surface area contributed by atoms with Crippen LogP contribution in [0.4, 0.5) is 4.79 Å². The van der Waals surface area contributed by atoms with Crippen molar-refractivity contribution in [1.29, 1.82) is 0 Å². The monoisotopic (exact) mass is 443 g/mol. The average Bonchev–Trinajstić information content (AvgIpc) is 2.61. The smallest absolute Gasteiger partial charge is 0.285 e. The first-order valence-corrected chi connectivity index (χ1v) is 11.1. The fraction of sp³-hybridized carbons (Fsp3) is 0.600. The van der Waals surface area contributed by atoms with Gasteiger partial charge in [0, 0.05) is 41.9 Å². The molecule has 26 heavy (non-hydrogen) atoms. The molecule has 1 aromatic carbocycles. The van der Waals surface area contributed by atoms with Crippen molar-refractivity contribution in [3.8, 4) is 5.75 Å². The molecular formula is C20H30BrNO3S. The van der Waals surface area contributed by atoms with Crippen molar-refractivity contribution in [3.05, 3.63) is 23.3 Å². The molecule has 1 aromatic rings. The van der Waals surface area contributed by atoms with Crippen LogP contribution in [0.25, 0.3) is 0 Å². The van der Waals surface area contributed by atoms with Gasteiger partial charge in [0.1, 0.15) is 12.0 Å². The molecule has 0 saturated carbocycles. The van der Waals surface area contributed by atoms with Gasteiger partial charge in [-0.25, -0.2) is 0 Å². The number of nitrogens with zero attached hydrogens (tertiary/aromatic N) is 1. The number of benzene rings is 1. The summed E-state index contributed by atoms with van der Waals surface area (Å²) in [6, 6.07) is 3.86. The molecule has 146 valence electrons. The van der Waals surface area contributed by atoms with Crippen molar-refractivity contribution < 1.29 is 14.3 Å². The fourth-order valence-electron chi connectivity index (χ4n) is 2.58. The van der Waals surface area contributed by atoms with Crippen LogP contribution in [-0.2, 0) is 17.6 Å². The minimum Gasteiger partial charge on any atom is -0.493 e. The highest BCUT2D eigenvalue weighted by Crippen LogP contribution is 2.35. The van der Waals surface area contributed by atoms with Gasteiger partial charge in [0.2, 0.25) is 0 Å². The third kappa shape index (κ3) is 7.70. The SMILES string of the molecule is CCCc1c(SC(=O)N(C)C)ccc(CC=O)c1OCCCCCCBr. The lowest BCUT2D eigenvalue weighted by molar-refractivity contribution is -0.107. The van der Waals surface area contributed by atoms with Crippen molar-refractivity contribution >= 4 is 39.2 Å². The zero-order valence-corrected chi connectivity index (χ0v) is 18.5. The first-order chi connectivity index (χ1) is 12.5. The number of carbonyl (C=O) groups is 2. The molecule has 1 amide bonds.